The van der Waals surface area contributed by atoms with Crippen LogP contribution in [0, 0.1) is 0 Å². The molecular weight excluding hydrogens is 156 g/mol. The standard InChI is InChI=1S/Ca.ClHO.4H2O.2H/c;1-2;;;;;;/h;2H;4*1H2;;/q+2;;;;;;2*-1. The van der Waals surface area contributed by atoms with Gasteiger partial charge in [0.05, 0.1) is 11.9 Å². The Morgan fingerprint density at radius 2 is 0.857 bits per heavy atom. The third-order valence-electron chi connectivity index (χ3n) is 0. The van der Waals surface area contributed by atoms with Gasteiger partial charge in [-0.2, -0.15) is 0 Å². The van der Waals surface area contributed by atoms with Gasteiger partial charge in [-0.3, -0.25) is 4.66 Å². The van der Waals surface area contributed by atoms with Gasteiger partial charge in [-0.25, -0.2) is 0 Å². The summed E-state index contributed by atoms with van der Waals surface area (Å²) in [7, 11) is 0. The first-order chi connectivity index (χ1) is 1.00. The third kappa shape index (κ3) is 115. The number of hydrogen-bond donors (Lipinski definition) is 1. The minimum atomic E-state index is 0. The van der Waals surface area contributed by atoms with E-state index in [9.17, 15) is 0 Å². The van der Waals surface area contributed by atoms with Gasteiger partial charge in [0.25, 0.3) is 0 Å². The van der Waals surface area contributed by atoms with Crippen molar-refractivity contribution in [3.63, 3.8) is 0 Å². The fraction of sp³-hybridized carbons (Fsp3) is 0. The van der Waals surface area contributed by atoms with Crippen LogP contribution in [0.1, 0.15) is 2.85 Å². The van der Waals surface area contributed by atoms with Crippen LogP contribution in [-0.2, 0) is 0 Å². The molecule has 7 heavy (non-hydrogen) atoms. The minimum absolute atomic E-state index is 0. The summed E-state index contributed by atoms with van der Waals surface area (Å²) in [4.78, 5) is 0. The zero-order chi connectivity index (χ0) is 2.00. The van der Waals surface area contributed by atoms with E-state index in [4.69, 9.17) is 4.66 Å². The largest absolute Gasteiger partial charge is 2.00 e. The monoisotopic (exact) mass is 166 g/mol. The van der Waals surface area contributed by atoms with Crippen molar-refractivity contribution in [2.75, 3.05) is 0 Å². The van der Waals surface area contributed by atoms with E-state index >= 15 is 0 Å². The fourth-order valence-electron chi connectivity index (χ4n) is 0. The topological polar surface area (TPSA) is 146 Å². The average molecular weight is 167 g/mol. The van der Waals surface area contributed by atoms with Crippen LogP contribution in [-0.4, -0.2) is 64.3 Å². The molecule has 0 amide bonds. The zero-order valence-corrected chi connectivity index (χ0v) is 6.50. The van der Waals surface area contributed by atoms with E-state index in [1.54, 1.807) is 0 Å². The van der Waals surface area contributed by atoms with Gasteiger partial charge in [0.1, 0.15) is 0 Å². The molecule has 9 N–H and O–H groups in total. The molecule has 0 aliphatic heterocycles. The van der Waals surface area contributed by atoms with Crippen molar-refractivity contribution in [3.8, 4) is 0 Å². The molecule has 0 aromatic heterocycles. The number of hydrogen-bond acceptors (Lipinski definition) is 1. The first-order valence-electron chi connectivity index (χ1n) is 0.169. The summed E-state index contributed by atoms with van der Waals surface area (Å²) in [5.74, 6) is 0. The Morgan fingerprint density at radius 1 is 0.857 bits per heavy atom. The first-order valence-corrected chi connectivity index (χ1v) is 0.507. The molecule has 0 rings (SSSR count). The van der Waals surface area contributed by atoms with Gasteiger partial charge >= 0.3 is 37.7 Å². The van der Waals surface area contributed by atoms with Crippen LogP contribution in [0.3, 0.4) is 0 Å². The Balaban J connectivity index is -0.000000000238. The van der Waals surface area contributed by atoms with E-state index in [0.717, 1.165) is 0 Å². The summed E-state index contributed by atoms with van der Waals surface area (Å²) in [5.41, 5.74) is 0. The summed E-state index contributed by atoms with van der Waals surface area (Å²) in [6, 6.07) is 0. The van der Waals surface area contributed by atoms with Crippen molar-refractivity contribution in [1.29, 1.82) is 0 Å². The Kier molecular flexibility index (Phi) is 1900. The smallest absolute Gasteiger partial charge is 1.00 e. The van der Waals surface area contributed by atoms with E-state index in [1.165, 1.54) is 0 Å². The van der Waals surface area contributed by atoms with E-state index < -0.39 is 0 Å². The van der Waals surface area contributed by atoms with Crippen molar-refractivity contribution in [3.05, 3.63) is 0 Å². The zero-order valence-electron chi connectivity index (χ0n) is 5.53. The Hall–Kier alpha value is 1.35. The van der Waals surface area contributed by atoms with Gasteiger partial charge in [-0.1, -0.05) is 0 Å². The Morgan fingerprint density at radius 3 is 0.857 bits per heavy atom. The molecule has 0 radical (unpaired) electrons. The van der Waals surface area contributed by atoms with E-state index in [1.807, 2.05) is 0 Å². The first kappa shape index (κ1) is 81.7. The van der Waals surface area contributed by atoms with Crippen molar-refractivity contribution in [1.82, 2.24) is 0 Å². The third-order valence-corrected chi connectivity index (χ3v) is 0. The Bertz CT molecular complexity index is 14.9. The summed E-state index contributed by atoms with van der Waals surface area (Å²) in [6.45, 7) is 0. The summed E-state index contributed by atoms with van der Waals surface area (Å²) < 4.78 is 6.47. The molecular formula is H11CaClO5. The molecule has 0 atom stereocenters. The van der Waals surface area contributed by atoms with Crippen LogP contribution < -0.4 is 0 Å². The predicted octanol–water partition coefficient (Wildman–Crippen LogP) is -3.32. The molecule has 0 bridgehead atoms. The normalized spacial score (nSPS) is 0.857. The predicted molar refractivity (Wildman–Crippen MR) is 30.5 cm³/mol. The maximum Gasteiger partial charge on any atom is 2.00 e. The van der Waals surface area contributed by atoms with E-state index in [0.29, 0.717) is 0 Å². The minimum Gasteiger partial charge on any atom is -1.00 e. The quantitative estimate of drug-likeness (QED) is 0.369. The molecule has 0 aliphatic carbocycles. The molecule has 0 saturated carbocycles. The molecule has 5 nitrogen and oxygen atoms in total. The number of rotatable bonds is 0. The molecule has 0 heterocycles. The maximum absolute atomic E-state index is 6.47. The molecule has 50 valence electrons. The molecule has 0 fully saturated rings. The van der Waals surface area contributed by atoms with Gasteiger partial charge in [0.2, 0.25) is 0 Å². The van der Waals surface area contributed by atoms with Crippen LogP contribution in [0.15, 0.2) is 0 Å². The molecule has 0 aromatic rings. The van der Waals surface area contributed by atoms with E-state index in [-0.39, 0.29) is 62.5 Å². The van der Waals surface area contributed by atoms with Crippen LogP contribution in [0.2, 0.25) is 0 Å². The summed E-state index contributed by atoms with van der Waals surface area (Å²) >= 11 is 3.64. The second-order valence-electron chi connectivity index (χ2n) is 0. The van der Waals surface area contributed by atoms with E-state index in [2.05, 4.69) is 11.9 Å². The summed E-state index contributed by atoms with van der Waals surface area (Å²) in [5, 5.41) is 0. The van der Waals surface area contributed by atoms with Gasteiger partial charge in [0.15, 0.2) is 0 Å². The average Bonchev–Trinajstić information content (AvgIpc) is 1.00. The van der Waals surface area contributed by atoms with Crippen molar-refractivity contribution >= 4 is 49.6 Å². The Labute approximate surface area is 78.7 Å². The van der Waals surface area contributed by atoms with Crippen LogP contribution in [0.25, 0.3) is 0 Å². The van der Waals surface area contributed by atoms with Gasteiger partial charge in [-0.05, 0) is 0 Å². The molecule has 0 spiro atoms. The summed E-state index contributed by atoms with van der Waals surface area (Å²) in [6.07, 6.45) is 0. The van der Waals surface area contributed by atoms with Crippen LogP contribution >= 0.6 is 11.9 Å². The SMILES string of the molecule is O.O.O.O.OCl.[Ca+2].[H-].[H-]. The fourth-order valence-corrected chi connectivity index (χ4v) is 0. The van der Waals surface area contributed by atoms with Gasteiger partial charge in [0, 0.05) is 0 Å². The molecule has 7 heteroatoms. The molecule has 0 unspecified atom stereocenters. The van der Waals surface area contributed by atoms with Crippen molar-refractivity contribution in [2.24, 2.45) is 0 Å². The second kappa shape index (κ2) is 163. The van der Waals surface area contributed by atoms with Crippen molar-refractivity contribution in [2.45, 2.75) is 0 Å². The van der Waals surface area contributed by atoms with Gasteiger partial charge in [-0.15, -0.1) is 0 Å². The number of halogens is 1. The van der Waals surface area contributed by atoms with Crippen LogP contribution in [0.4, 0.5) is 0 Å². The second-order valence-corrected chi connectivity index (χ2v) is 0. The molecule has 0 aliphatic rings. The van der Waals surface area contributed by atoms with Gasteiger partial charge < -0.3 is 24.8 Å². The molecule has 0 aromatic carbocycles. The maximum atomic E-state index is 6.47. The van der Waals surface area contributed by atoms with Crippen molar-refractivity contribution < 1.29 is 29.4 Å². The van der Waals surface area contributed by atoms with Crippen LogP contribution in [0.5, 0.6) is 0 Å². The molecule has 0 saturated heterocycles.